The van der Waals surface area contributed by atoms with Crippen LogP contribution in [-0.2, 0) is 11.2 Å². The van der Waals surface area contributed by atoms with Crippen LogP contribution in [0.2, 0.25) is 0 Å². The summed E-state index contributed by atoms with van der Waals surface area (Å²) in [5.41, 5.74) is 5.04. The van der Waals surface area contributed by atoms with Crippen LogP contribution in [0.5, 0.6) is 5.75 Å². The van der Waals surface area contributed by atoms with Gasteiger partial charge in [0.1, 0.15) is 17.9 Å². The molecule has 1 amide bonds. The molecule has 39 heavy (non-hydrogen) atoms. The topological polar surface area (TPSA) is 100 Å². The summed E-state index contributed by atoms with van der Waals surface area (Å²) in [6.45, 7) is 6.17. The highest BCUT2D eigenvalue weighted by Crippen LogP contribution is 2.39. The highest BCUT2D eigenvalue weighted by molar-refractivity contribution is 7.99. The molecular formula is C31H29N5O2S. The number of rotatable bonds is 8. The maximum Gasteiger partial charge on any atom is 0.228 e. The van der Waals surface area contributed by atoms with E-state index in [2.05, 4.69) is 34.4 Å². The first-order chi connectivity index (χ1) is 18.9. The number of anilines is 3. The van der Waals surface area contributed by atoms with E-state index in [1.165, 1.54) is 18.1 Å². The molecule has 3 N–H and O–H groups in total. The van der Waals surface area contributed by atoms with Crippen molar-refractivity contribution in [2.24, 2.45) is 0 Å². The van der Waals surface area contributed by atoms with Crippen molar-refractivity contribution in [3.8, 4) is 5.75 Å². The van der Waals surface area contributed by atoms with Gasteiger partial charge in [-0.3, -0.25) is 4.79 Å². The van der Waals surface area contributed by atoms with Crippen molar-refractivity contribution in [1.82, 2.24) is 15.0 Å². The Kier molecular flexibility index (Phi) is 7.74. The molecule has 0 radical (unpaired) electrons. The Balaban J connectivity index is 1.49. The largest absolute Gasteiger partial charge is 0.508 e. The van der Waals surface area contributed by atoms with E-state index in [0.717, 1.165) is 43.4 Å². The Morgan fingerprint density at radius 3 is 2.46 bits per heavy atom. The van der Waals surface area contributed by atoms with Crippen molar-refractivity contribution in [2.75, 3.05) is 10.6 Å². The van der Waals surface area contributed by atoms with Crippen LogP contribution >= 0.6 is 11.8 Å². The molecule has 0 spiro atoms. The van der Waals surface area contributed by atoms with E-state index in [9.17, 15) is 9.90 Å². The molecule has 5 aromatic rings. The molecular weight excluding hydrogens is 506 g/mol. The van der Waals surface area contributed by atoms with Crippen LogP contribution < -0.4 is 10.6 Å². The maximum absolute atomic E-state index is 12.9. The van der Waals surface area contributed by atoms with Gasteiger partial charge in [-0.1, -0.05) is 55.9 Å². The van der Waals surface area contributed by atoms with Gasteiger partial charge in [0.2, 0.25) is 5.91 Å². The second-order valence-corrected chi connectivity index (χ2v) is 10.7. The van der Waals surface area contributed by atoms with E-state index in [4.69, 9.17) is 4.98 Å². The number of fused-ring (bicyclic) bond motifs is 1. The van der Waals surface area contributed by atoms with Gasteiger partial charge in [0, 0.05) is 21.2 Å². The van der Waals surface area contributed by atoms with Gasteiger partial charge in [0.05, 0.1) is 17.5 Å². The molecule has 7 nitrogen and oxygen atoms in total. The fourth-order valence-corrected chi connectivity index (χ4v) is 5.05. The summed E-state index contributed by atoms with van der Waals surface area (Å²) in [6, 6.07) is 24.7. The van der Waals surface area contributed by atoms with Gasteiger partial charge in [0.15, 0.2) is 5.65 Å². The fraction of sp³-hybridized carbons (Fsp3) is 0.161. The average molecular weight is 536 g/mol. The van der Waals surface area contributed by atoms with Crippen LogP contribution in [0.4, 0.5) is 17.2 Å². The highest BCUT2D eigenvalue weighted by Gasteiger charge is 2.15. The zero-order chi connectivity index (χ0) is 27.4. The monoisotopic (exact) mass is 535 g/mol. The smallest absolute Gasteiger partial charge is 0.228 e. The minimum atomic E-state index is -0.0839. The third-order valence-corrected chi connectivity index (χ3v) is 7.30. The number of carbonyl (C=O) groups is 1. The van der Waals surface area contributed by atoms with Gasteiger partial charge < -0.3 is 15.7 Å². The molecule has 0 bridgehead atoms. The van der Waals surface area contributed by atoms with Crippen molar-refractivity contribution < 1.29 is 9.90 Å². The van der Waals surface area contributed by atoms with Crippen LogP contribution in [0.3, 0.4) is 0 Å². The van der Waals surface area contributed by atoms with Gasteiger partial charge in [-0.05, 0) is 72.5 Å². The van der Waals surface area contributed by atoms with Crippen molar-refractivity contribution in [2.45, 2.75) is 42.9 Å². The van der Waals surface area contributed by atoms with Crippen LogP contribution in [0.1, 0.15) is 36.6 Å². The number of amides is 1. The van der Waals surface area contributed by atoms with Crippen molar-refractivity contribution in [3.05, 3.63) is 102 Å². The van der Waals surface area contributed by atoms with E-state index in [-0.39, 0.29) is 11.7 Å². The molecule has 8 heteroatoms. The first-order valence-corrected chi connectivity index (χ1v) is 13.5. The first kappa shape index (κ1) is 26.2. The quantitative estimate of drug-likeness (QED) is 0.193. The first-order valence-electron chi connectivity index (χ1n) is 12.7. The summed E-state index contributed by atoms with van der Waals surface area (Å²) in [7, 11) is 0. The molecule has 0 unspecified atom stereocenters. The lowest BCUT2D eigenvalue weighted by molar-refractivity contribution is -0.115. The van der Waals surface area contributed by atoms with Crippen LogP contribution in [0, 0.1) is 6.92 Å². The molecule has 0 saturated carbocycles. The molecule has 2 heterocycles. The fourth-order valence-electron chi connectivity index (χ4n) is 4.13. The zero-order valence-corrected chi connectivity index (χ0v) is 22.8. The summed E-state index contributed by atoms with van der Waals surface area (Å²) < 4.78 is 0. The van der Waals surface area contributed by atoms with Crippen molar-refractivity contribution in [1.29, 1.82) is 0 Å². The summed E-state index contributed by atoms with van der Waals surface area (Å²) in [5.74, 6) is 1.06. The molecule has 0 aliphatic rings. The van der Waals surface area contributed by atoms with Crippen molar-refractivity contribution in [3.63, 3.8) is 0 Å². The molecule has 0 saturated heterocycles. The van der Waals surface area contributed by atoms with E-state index < -0.39 is 0 Å². The van der Waals surface area contributed by atoms with E-state index in [0.29, 0.717) is 23.8 Å². The lowest BCUT2D eigenvalue weighted by atomic mass is 10.1. The molecule has 0 aliphatic heterocycles. The molecule has 0 atom stereocenters. The number of benzene rings is 3. The molecule has 5 rings (SSSR count). The molecule has 0 aliphatic carbocycles. The predicted molar refractivity (Wildman–Crippen MR) is 157 cm³/mol. The van der Waals surface area contributed by atoms with Gasteiger partial charge in [-0.25, -0.2) is 15.0 Å². The number of aromatic nitrogens is 3. The molecule has 3 aromatic carbocycles. The third-order valence-electron chi connectivity index (χ3n) is 6.24. The van der Waals surface area contributed by atoms with E-state index >= 15 is 0 Å². The number of nitrogens with one attached hydrogen (secondary N) is 2. The molecule has 196 valence electrons. The number of hydrogen-bond donors (Lipinski definition) is 3. The lowest BCUT2D eigenvalue weighted by Crippen LogP contribution is -2.15. The number of pyridine rings is 1. The van der Waals surface area contributed by atoms with Crippen LogP contribution in [0.25, 0.3) is 11.0 Å². The Labute approximate surface area is 231 Å². The average Bonchev–Trinajstić information content (AvgIpc) is 2.92. The number of aryl methyl sites for hydroxylation is 1. The second-order valence-electron chi connectivity index (χ2n) is 9.58. The van der Waals surface area contributed by atoms with E-state index in [1.807, 2.05) is 73.7 Å². The Hall–Kier alpha value is -4.43. The molecule has 2 aromatic heterocycles. The van der Waals surface area contributed by atoms with Crippen LogP contribution in [0.15, 0.2) is 95.0 Å². The standard InChI is InChI=1S/C31H29N5O2S/c1-19(2)25-14-13-24-30(35-25)32-18-33-31(24)36-27-15-20(3)26(34-29(38)16-21-7-5-4-6-8-21)17-28(27)39-23-11-9-22(37)10-12-23/h4-15,17-19,37H,16H2,1-3H3,(H,34,38)(H,32,33,35,36). The number of phenols is 1. The number of phenolic OH excluding ortho intramolecular Hbond substituents is 1. The Bertz CT molecular complexity index is 1620. The minimum absolute atomic E-state index is 0.0839. The number of hydrogen-bond acceptors (Lipinski definition) is 7. The summed E-state index contributed by atoms with van der Waals surface area (Å²) in [5, 5.41) is 17.1. The van der Waals surface area contributed by atoms with Gasteiger partial charge in [-0.2, -0.15) is 0 Å². The normalized spacial score (nSPS) is 11.1. The number of nitrogens with zero attached hydrogens (tertiary/aromatic N) is 3. The summed E-state index contributed by atoms with van der Waals surface area (Å²) >= 11 is 1.52. The van der Waals surface area contributed by atoms with Crippen molar-refractivity contribution >= 4 is 45.9 Å². The minimum Gasteiger partial charge on any atom is -0.508 e. The van der Waals surface area contributed by atoms with Gasteiger partial charge in [0.25, 0.3) is 0 Å². The van der Waals surface area contributed by atoms with E-state index in [1.54, 1.807) is 12.1 Å². The summed E-state index contributed by atoms with van der Waals surface area (Å²) in [4.78, 5) is 28.3. The predicted octanol–water partition coefficient (Wildman–Crippen LogP) is 7.24. The maximum atomic E-state index is 12.9. The third kappa shape index (κ3) is 6.35. The van der Waals surface area contributed by atoms with Gasteiger partial charge in [-0.15, -0.1) is 0 Å². The Morgan fingerprint density at radius 1 is 0.949 bits per heavy atom. The highest BCUT2D eigenvalue weighted by atomic mass is 32.2. The second kappa shape index (κ2) is 11.5. The lowest BCUT2D eigenvalue weighted by Gasteiger charge is -2.17. The SMILES string of the molecule is Cc1cc(Nc2ncnc3nc(C(C)C)ccc23)c(Sc2ccc(O)cc2)cc1NC(=O)Cc1ccccc1. The number of aromatic hydroxyl groups is 1. The van der Waals surface area contributed by atoms with Gasteiger partial charge >= 0.3 is 0 Å². The van der Waals surface area contributed by atoms with Crippen LogP contribution in [-0.4, -0.2) is 26.0 Å². The molecule has 0 fully saturated rings. The Morgan fingerprint density at radius 2 is 1.72 bits per heavy atom. The number of carbonyl (C=O) groups excluding carboxylic acids is 1. The zero-order valence-electron chi connectivity index (χ0n) is 22.0. The summed E-state index contributed by atoms with van der Waals surface area (Å²) in [6.07, 6.45) is 1.80.